The minimum absolute atomic E-state index is 0.239. The van der Waals surface area contributed by atoms with Crippen LogP contribution in [0.1, 0.15) is 24.0 Å². The summed E-state index contributed by atoms with van der Waals surface area (Å²) in [6.07, 6.45) is 0.229. The number of nitrogens with one attached hydrogen (secondary N) is 1. The van der Waals surface area contributed by atoms with E-state index >= 15 is 0 Å². The Kier molecular flexibility index (Phi) is 3.41. The van der Waals surface area contributed by atoms with Gasteiger partial charge in [-0.15, -0.1) is 0 Å². The summed E-state index contributed by atoms with van der Waals surface area (Å²) in [7, 11) is 0. The van der Waals surface area contributed by atoms with E-state index in [4.69, 9.17) is 0 Å². The second-order valence-corrected chi connectivity index (χ2v) is 4.24. The van der Waals surface area contributed by atoms with Crippen LogP contribution in [-0.4, -0.2) is 11.9 Å². The fourth-order valence-electron chi connectivity index (χ4n) is 1.47. The molecule has 1 aromatic carbocycles. The third-order valence-electron chi connectivity index (χ3n) is 2.56. The molecule has 0 saturated heterocycles. The zero-order valence-corrected chi connectivity index (χ0v) is 9.50. The van der Waals surface area contributed by atoms with Crippen LogP contribution < -0.4 is 5.32 Å². The number of hydrogen-bond donors (Lipinski definition) is 1. The number of amides is 1. The van der Waals surface area contributed by atoms with Crippen LogP contribution in [0.4, 0.5) is 13.2 Å². The van der Waals surface area contributed by atoms with Gasteiger partial charge < -0.3 is 5.32 Å². The third kappa shape index (κ3) is 3.61. The van der Waals surface area contributed by atoms with Gasteiger partial charge in [0.15, 0.2) is 0 Å². The Morgan fingerprint density at radius 1 is 1.33 bits per heavy atom. The average Bonchev–Trinajstić information content (AvgIpc) is 3.10. The van der Waals surface area contributed by atoms with Gasteiger partial charge in [0.1, 0.15) is 0 Å². The number of hydrogen-bond acceptors (Lipinski definition) is 1. The van der Waals surface area contributed by atoms with Crippen molar-refractivity contribution >= 4 is 12.0 Å². The standard InChI is InChI=1S/C13H12F3NO/c14-13(15,16)10-3-1-2-9(8-10)4-7-12(18)17-11-5-6-11/h1-4,7-8,11H,5-6H2,(H,17,18)/b7-4+. The maximum Gasteiger partial charge on any atom is 0.416 e. The SMILES string of the molecule is O=C(/C=C/c1cccc(C(F)(F)F)c1)NC1CC1. The van der Waals surface area contributed by atoms with E-state index in [1.807, 2.05) is 0 Å². The van der Waals surface area contributed by atoms with E-state index in [9.17, 15) is 18.0 Å². The van der Waals surface area contributed by atoms with Gasteiger partial charge >= 0.3 is 6.18 Å². The van der Waals surface area contributed by atoms with Crippen molar-refractivity contribution in [2.75, 3.05) is 0 Å². The predicted molar refractivity (Wildman–Crippen MR) is 61.6 cm³/mol. The van der Waals surface area contributed by atoms with E-state index in [2.05, 4.69) is 5.32 Å². The molecule has 2 nitrogen and oxygen atoms in total. The van der Waals surface area contributed by atoms with Crippen LogP contribution in [0.15, 0.2) is 30.3 Å². The molecule has 0 spiro atoms. The minimum Gasteiger partial charge on any atom is -0.350 e. The Bertz CT molecular complexity index is 475. The molecule has 0 aromatic heterocycles. The van der Waals surface area contributed by atoms with Crippen molar-refractivity contribution in [1.82, 2.24) is 5.32 Å². The predicted octanol–water partition coefficient (Wildman–Crippen LogP) is 3.00. The normalized spacial score (nSPS) is 15.9. The molecule has 0 atom stereocenters. The van der Waals surface area contributed by atoms with Crippen molar-refractivity contribution in [3.63, 3.8) is 0 Å². The number of halogens is 3. The first-order valence-corrected chi connectivity index (χ1v) is 5.61. The molecule has 18 heavy (non-hydrogen) atoms. The molecule has 0 bridgehead atoms. The van der Waals surface area contributed by atoms with Gasteiger partial charge in [0.05, 0.1) is 5.56 Å². The lowest BCUT2D eigenvalue weighted by molar-refractivity contribution is -0.137. The van der Waals surface area contributed by atoms with Gasteiger partial charge in [-0.1, -0.05) is 12.1 Å². The maximum atomic E-state index is 12.4. The van der Waals surface area contributed by atoms with Gasteiger partial charge in [-0.3, -0.25) is 4.79 Å². The zero-order chi connectivity index (χ0) is 13.2. The van der Waals surface area contributed by atoms with E-state index in [-0.39, 0.29) is 11.9 Å². The van der Waals surface area contributed by atoms with Gasteiger partial charge in [0.25, 0.3) is 0 Å². The number of alkyl halides is 3. The van der Waals surface area contributed by atoms with E-state index < -0.39 is 11.7 Å². The highest BCUT2D eigenvalue weighted by molar-refractivity contribution is 5.92. The first kappa shape index (κ1) is 12.7. The summed E-state index contributed by atoms with van der Waals surface area (Å²) < 4.78 is 37.3. The Hall–Kier alpha value is -1.78. The first-order valence-electron chi connectivity index (χ1n) is 5.61. The molecule has 5 heteroatoms. The highest BCUT2D eigenvalue weighted by atomic mass is 19.4. The summed E-state index contributed by atoms with van der Waals surface area (Å²) in [5, 5.41) is 2.72. The van der Waals surface area contributed by atoms with Gasteiger partial charge in [-0.05, 0) is 36.6 Å². The summed E-state index contributed by atoms with van der Waals surface area (Å²) in [6.45, 7) is 0. The third-order valence-corrected chi connectivity index (χ3v) is 2.56. The fourth-order valence-corrected chi connectivity index (χ4v) is 1.47. The van der Waals surface area contributed by atoms with Crippen LogP contribution in [0.5, 0.6) is 0 Å². The van der Waals surface area contributed by atoms with Gasteiger partial charge in [0, 0.05) is 12.1 Å². The van der Waals surface area contributed by atoms with Gasteiger partial charge in [-0.2, -0.15) is 13.2 Å². The Labute approximate surface area is 102 Å². The lowest BCUT2D eigenvalue weighted by Crippen LogP contribution is -2.22. The van der Waals surface area contributed by atoms with Crippen molar-refractivity contribution < 1.29 is 18.0 Å². The van der Waals surface area contributed by atoms with E-state index in [1.165, 1.54) is 24.3 Å². The van der Waals surface area contributed by atoms with E-state index in [1.54, 1.807) is 0 Å². The van der Waals surface area contributed by atoms with E-state index in [0.717, 1.165) is 25.0 Å². The molecule has 1 amide bonds. The van der Waals surface area contributed by atoms with E-state index in [0.29, 0.717) is 5.56 Å². The summed E-state index contributed by atoms with van der Waals surface area (Å²) in [4.78, 5) is 11.3. The minimum atomic E-state index is -4.36. The molecular formula is C13H12F3NO. The van der Waals surface area contributed by atoms with Crippen LogP contribution in [0.25, 0.3) is 6.08 Å². The molecule has 1 aliphatic rings. The molecule has 0 aliphatic heterocycles. The molecule has 0 heterocycles. The van der Waals surface area contributed by atoms with Crippen LogP contribution in [0, 0.1) is 0 Å². The topological polar surface area (TPSA) is 29.1 Å². The van der Waals surface area contributed by atoms with Crippen LogP contribution >= 0.6 is 0 Å². The summed E-state index contributed by atoms with van der Waals surface area (Å²) in [6, 6.07) is 5.10. The number of benzene rings is 1. The Balaban J connectivity index is 2.04. The average molecular weight is 255 g/mol. The zero-order valence-electron chi connectivity index (χ0n) is 9.50. The maximum absolute atomic E-state index is 12.4. The monoisotopic (exact) mass is 255 g/mol. The highest BCUT2D eigenvalue weighted by Crippen LogP contribution is 2.29. The molecule has 0 radical (unpaired) electrons. The molecule has 1 fully saturated rings. The van der Waals surface area contributed by atoms with Crippen LogP contribution in [-0.2, 0) is 11.0 Å². The fraction of sp³-hybridized carbons (Fsp3) is 0.308. The lowest BCUT2D eigenvalue weighted by Gasteiger charge is -2.06. The van der Waals surface area contributed by atoms with Crippen molar-refractivity contribution in [2.45, 2.75) is 25.1 Å². The second kappa shape index (κ2) is 4.84. The van der Waals surface area contributed by atoms with Gasteiger partial charge in [-0.25, -0.2) is 0 Å². The lowest BCUT2D eigenvalue weighted by atomic mass is 10.1. The van der Waals surface area contributed by atoms with Crippen molar-refractivity contribution in [2.24, 2.45) is 0 Å². The summed E-state index contributed by atoms with van der Waals surface area (Å²) >= 11 is 0. The smallest absolute Gasteiger partial charge is 0.350 e. The summed E-state index contributed by atoms with van der Waals surface area (Å²) in [5.41, 5.74) is -0.358. The molecule has 1 saturated carbocycles. The molecule has 0 unspecified atom stereocenters. The van der Waals surface area contributed by atoms with Crippen molar-refractivity contribution in [3.05, 3.63) is 41.5 Å². The van der Waals surface area contributed by atoms with Crippen LogP contribution in [0.3, 0.4) is 0 Å². The molecule has 96 valence electrons. The van der Waals surface area contributed by atoms with Crippen molar-refractivity contribution in [1.29, 1.82) is 0 Å². The van der Waals surface area contributed by atoms with Crippen molar-refractivity contribution in [3.8, 4) is 0 Å². The molecule has 1 aliphatic carbocycles. The Morgan fingerprint density at radius 2 is 2.06 bits per heavy atom. The molecule has 1 N–H and O–H groups in total. The quantitative estimate of drug-likeness (QED) is 0.826. The van der Waals surface area contributed by atoms with Crippen LogP contribution in [0.2, 0.25) is 0 Å². The highest BCUT2D eigenvalue weighted by Gasteiger charge is 2.30. The number of carbonyl (C=O) groups excluding carboxylic acids is 1. The van der Waals surface area contributed by atoms with Gasteiger partial charge in [0.2, 0.25) is 5.91 Å². The molecular weight excluding hydrogens is 243 g/mol. The molecule has 2 rings (SSSR count). The summed E-state index contributed by atoms with van der Waals surface area (Å²) in [5.74, 6) is -0.269. The molecule has 1 aromatic rings. The Morgan fingerprint density at radius 3 is 2.67 bits per heavy atom. The first-order chi connectivity index (χ1) is 8.45. The number of rotatable bonds is 3. The largest absolute Gasteiger partial charge is 0.416 e. The second-order valence-electron chi connectivity index (χ2n) is 4.24. The number of carbonyl (C=O) groups is 1.